The number of carbonyl (C=O) groups is 1. The van der Waals surface area contributed by atoms with E-state index in [1.54, 1.807) is 11.9 Å². The van der Waals surface area contributed by atoms with Crippen LogP contribution in [0.2, 0.25) is 0 Å². The molecular weight excluding hydrogens is 358 g/mol. The molecule has 0 atom stereocenters. The molecule has 0 radical (unpaired) electrons. The minimum absolute atomic E-state index is 0.136. The first-order valence-corrected chi connectivity index (χ1v) is 9.67. The molecule has 3 rings (SSSR count). The van der Waals surface area contributed by atoms with Crippen LogP contribution in [0.5, 0.6) is 0 Å². The summed E-state index contributed by atoms with van der Waals surface area (Å²) >= 11 is 2.88. The van der Waals surface area contributed by atoms with E-state index < -0.39 is 0 Å². The summed E-state index contributed by atoms with van der Waals surface area (Å²) in [6, 6.07) is 8.99. The normalized spacial score (nSPS) is 14.6. The number of thioether (sulfide) groups is 1. The van der Waals surface area contributed by atoms with Crippen molar-refractivity contribution in [2.75, 3.05) is 29.9 Å². The molecule has 4 N–H and O–H groups in total. The highest BCUT2D eigenvalue weighted by atomic mass is 32.2. The van der Waals surface area contributed by atoms with E-state index in [0.717, 1.165) is 35.4 Å². The Morgan fingerprint density at radius 3 is 2.68 bits per heavy atom. The van der Waals surface area contributed by atoms with Gasteiger partial charge in [0.05, 0.1) is 5.75 Å². The summed E-state index contributed by atoms with van der Waals surface area (Å²) in [7, 11) is 0. The zero-order chi connectivity index (χ0) is 17.6. The largest absolute Gasteiger partial charge is 0.383 e. The quantitative estimate of drug-likeness (QED) is 0.403. The zero-order valence-electron chi connectivity index (χ0n) is 13.5. The second-order valence-electron chi connectivity index (χ2n) is 5.56. The lowest BCUT2D eigenvalue weighted by atomic mass is 10.3. The predicted molar refractivity (Wildman–Crippen MR) is 102 cm³/mol. The fraction of sp³-hybridized carbons (Fsp3) is 0.312. The average molecular weight is 377 g/mol. The second kappa shape index (κ2) is 8.41. The van der Waals surface area contributed by atoms with Crippen LogP contribution in [0, 0.1) is 0 Å². The van der Waals surface area contributed by atoms with Gasteiger partial charge in [0.2, 0.25) is 5.91 Å². The van der Waals surface area contributed by atoms with Crippen molar-refractivity contribution in [3.63, 3.8) is 0 Å². The van der Waals surface area contributed by atoms with Gasteiger partial charge in [-0.2, -0.15) is 0 Å². The molecule has 2 aromatic rings. The molecule has 0 unspecified atom stereocenters. The maximum absolute atomic E-state index is 12.0. The predicted octanol–water partition coefficient (Wildman–Crippen LogP) is 2.19. The number of hydrogen-bond donors (Lipinski definition) is 3. The molecule has 1 aromatic carbocycles. The number of amides is 1. The highest BCUT2D eigenvalue weighted by Crippen LogP contribution is 2.27. The van der Waals surface area contributed by atoms with E-state index in [1.807, 2.05) is 24.3 Å². The number of nitrogens with two attached hydrogens (primary N) is 1. The van der Waals surface area contributed by atoms with Crippen molar-refractivity contribution in [2.45, 2.75) is 22.9 Å². The van der Waals surface area contributed by atoms with Gasteiger partial charge in [0.1, 0.15) is 5.82 Å². The van der Waals surface area contributed by atoms with Crippen molar-refractivity contribution >= 4 is 41.1 Å². The molecule has 0 bridgehead atoms. The summed E-state index contributed by atoms with van der Waals surface area (Å²) in [5, 5.41) is 3.16. The van der Waals surface area contributed by atoms with Crippen LogP contribution < -0.4 is 16.6 Å². The Hall–Kier alpha value is -1.97. The van der Waals surface area contributed by atoms with E-state index in [1.165, 1.54) is 18.9 Å². The monoisotopic (exact) mass is 377 g/mol. The van der Waals surface area contributed by atoms with Crippen molar-refractivity contribution in [3.05, 3.63) is 40.7 Å². The molecule has 0 aliphatic carbocycles. The van der Waals surface area contributed by atoms with Gasteiger partial charge in [0.15, 0.2) is 5.16 Å². The van der Waals surface area contributed by atoms with Gasteiger partial charge in [0.25, 0.3) is 5.56 Å². The Morgan fingerprint density at radius 2 is 2.00 bits per heavy atom. The van der Waals surface area contributed by atoms with Crippen molar-refractivity contribution < 1.29 is 4.79 Å². The number of nitrogens with zero attached hydrogens (tertiary/aromatic N) is 2. The van der Waals surface area contributed by atoms with E-state index in [-0.39, 0.29) is 23.0 Å². The molecular formula is C16H19N5O2S2. The first-order chi connectivity index (χ1) is 12.1. The Kier molecular flexibility index (Phi) is 6.00. The fourth-order valence-corrected chi connectivity index (χ4v) is 4.06. The van der Waals surface area contributed by atoms with Crippen molar-refractivity contribution in [1.82, 2.24) is 14.3 Å². The zero-order valence-corrected chi connectivity index (χ0v) is 15.2. The van der Waals surface area contributed by atoms with Crippen LogP contribution in [-0.2, 0) is 4.79 Å². The van der Waals surface area contributed by atoms with E-state index in [9.17, 15) is 9.59 Å². The molecule has 1 saturated heterocycles. The average Bonchev–Trinajstić information content (AvgIpc) is 3.07. The van der Waals surface area contributed by atoms with E-state index in [2.05, 4.69) is 19.6 Å². The number of carbonyl (C=O) groups excluding carboxylic acids is 1. The Balaban J connectivity index is 1.49. The Bertz CT molecular complexity index is 788. The SMILES string of the molecule is Nc1cc(=O)[nH]c(SCC(=O)Nc2ccc(SN3CCCC3)cc2)n1. The first-order valence-electron chi connectivity index (χ1n) is 7.91. The minimum Gasteiger partial charge on any atom is -0.383 e. The first kappa shape index (κ1) is 17.8. The lowest BCUT2D eigenvalue weighted by Gasteiger charge is -2.13. The number of aromatic nitrogens is 2. The topological polar surface area (TPSA) is 104 Å². The molecule has 1 aliphatic rings. The summed E-state index contributed by atoms with van der Waals surface area (Å²) in [6.45, 7) is 2.25. The standard InChI is InChI=1S/C16H19N5O2S2/c17-13-9-14(22)20-16(19-13)24-10-15(23)18-11-3-5-12(6-4-11)25-21-7-1-2-8-21/h3-6,9H,1-2,7-8,10H2,(H,18,23)(H3,17,19,20,22). The number of nitrogens with one attached hydrogen (secondary N) is 2. The Morgan fingerprint density at radius 1 is 1.28 bits per heavy atom. The summed E-state index contributed by atoms with van der Waals surface area (Å²) < 4.78 is 2.35. The summed E-state index contributed by atoms with van der Waals surface area (Å²) in [5.41, 5.74) is 5.92. The van der Waals surface area contributed by atoms with E-state index >= 15 is 0 Å². The molecule has 1 aromatic heterocycles. The van der Waals surface area contributed by atoms with Gasteiger partial charge in [-0.05, 0) is 49.1 Å². The lowest BCUT2D eigenvalue weighted by molar-refractivity contribution is -0.113. The van der Waals surface area contributed by atoms with Gasteiger partial charge in [-0.15, -0.1) is 0 Å². The third-order valence-electron chi connectivity index (χ3n) is 3.52. The van der Waals surface area contributed by atoms with Crippen LogP contribution in [0.15, 0.2) is 45.2 Å². The van der Waals surface area contributed by atoms with Crippen LogP contribution in [0.4, 0.5) is 11.5 Å². The van der Waals surface area contributed by atoms with Crippen LogP contribution >= 0.6 is 23.7 Å². The molecule has 1 aliphatic heterocycles. The molecule has 1 amide bonds. The van der Waals surface area contributed by atoms with Gasteiger partial charge < -0.3 is 16.0 Å². The number of aromatic amines is 1. The molecule has 132 valence electrons. The minimum atomic E-state index is -0.332. The smallest absolute Gasteiger partial charge is 0.253 e. The van der Waals surface area contributed by atoms with Gasteiger partial charge >= 0.3 is 0 Å². The lowest BCUT2D eigenvalue weighted by Crippen LogP contribution is -2.15. The maximum Gasteiger partial charge on any atom is 0.253 e. The molecule has 0 saturated carbocycles. The number of rotatable bonds is 6. The molecule has 0 spiro atoms. The van der Waals surface area contributed by atoms with Gasteiger partial charge in [0, 0.05) is 29.7 Å². The molecule has 2 heterocycles. The van der Waals surface area contributed by atoms with Crippen molar-refractivity contribution in [1.29, 1.82) is 0 Å². The number of anilines is 2. The number of nitrogen functional groups attached to an aromatic ring is 1. The van der Waals surface area contributed by atoms with Crippen LogP contribution in [0.3, 0.4) is 0 Å². The third kappa shape index (κ3) is 5.52. The number of H-pyrrole nitrogens is 1. The Labute approximate surface area is 153 Å². The van der Waals surface area contributed by atoms with Crippen LogP contribution in [0.1, 0.15) is 12.8 Å². The van der Waals surface area contributed by atoms with Crippen molar-refractivity contribution in [2.24, 2.45) is 0 Å². The summed E-state index contributed by atoms with van der Waals surface area (Å²) in [5.74, 6) is 0.101. The second-order valence-corrected chi connectivity index (χ2v) is 7.70. The summed E-state index contributed by atoms with van der Waals surface area (Å²) in [4.78, 5) is 31.0. The van der Waals surface area contributed by atoms with Crippen LogP contribution in [-0.4, -0.2) is 39.0 Å². The molecule has 1 fully saturated rings. The fourth-order valence-electron chi connectivity index (χ4n) is 2.38. The van der Waals surface area contributed by atoms with Gasteiger partial charge in [-0.25, -0.2) is 9.29 Å². The third-order valence-corrected chi connectivity index (χ3v) is 5.50. The van der Waals surface area contributed by atoms with Crippen molar-refractivity contribution in [3.8, 4) is 0 Å². The van der Waals surface area contributed by atoms with E-state index in [0.29, 0.717) is 5.16 Å². The maximum atomic E-state index is 12.0. The summed E-state index contributed by atoms with van der Waals surface area (Å²) in [6.07, 6.45) is 2.51. The number of benzene rings is 1. The van der Waals surface area contributed by atoms with Crippen LogP contribution in [0.25, 0.3) is 0 Å². The highest BCUT2D eigenvalue weighted by Gasteiger charge is 2.12. The van der Waals surface area contributed by atoms with Gasteiger partial charge in [-0.3, -0.25) is 9.59 Å². The molecule has 7 nitrogen and oxygen atoms in total. The van der Waals surface area contributed by atoms with Gasteiger partial charge in [-0.1, -0.05) is 11.8 Å². The number of hydrogen-bond acceptors (Lipinski definition) is 7. The highest BCUT2D eigenvalue weighted by molar-refractivity contribution is 7.99. The molecule has 25 heavy (non-hydrogen) atoms. The van der Waals surface area contributed by atoms with E-state index in [4.69, 9.17) is 5.73 Å². The molecule has 9 heteroatoms.